The van der Waals surface area contributed by atoms with Gasteiger partial charge in [0.1, 0.15) is 6.54 Å². The average molecular weight is 529 g/mol. The Morgan fingerprint density at radius 1 is 1.03 bits per heavy atom. The molecule has 2 aromatic carbocycles. The third kappa shape index (κ3) is 10.2. The largest absolute Gasteiger partial charge is 0.381 e. The van der Waals surface area contributed by atoms with Gasteiger partial charge < -0.3 is 26.4 Å². The number of carbonyl (C=O) groups is 3. The van der Waals surface area contributed by atoms with Gasteiger partial charge >= 0.3 is 0 Å². The molecular formula is C28H40N4O4S. The van der Waals surface area contributed by atoms with E-state index >= 15 is 0 Å². The molecule has 9 heteroatoms. The first kappa shape index (κ1) is 30.3. The molecule has 3 amide bonds. The van der Waals surface area contributed by atoms with Crippen molar-refractivity contribution in [1.29, 1.82) is 0 Å². The number of aryl methyl sites for hydroxylation is 1. The lowest BCUT2D eigenvalue weighted by Crippen LogP contribution is -2.55. The predicted molar refractivity (Wildman–Crippen MR) is 149 cm³/mol. The van der Waals surface area contributed by atoms with E-state index in [1.165, 1.54) is 16.7 Å². The maximum absolute atomic E-state index is 13.5. The Kier molecular flexibility index (Phi) is 12.6. The van der Waals surface area contributed by atoms with Crippen molar-refractivity contribution in [3.63, 3.8) is 0 Å². The maximum atomic E-state index is 13.5. The van der Waals surface area contributed by atoms with Crippen LogP contribution in [0.3, 0.4) is 0 Å². The van der Waals surface area contributed by atoms with E-state index in [0.29, 0.717) is 6.54 Å². The number of benzene rings is 2. The topological polar surface area (TPSA) is 125 Å². The van der Waals surface area contributed by atoms with Crippen molar-refractivity contribution in [2.45, 2.75) is 58.1 Å². The fourth-order valence-corrected chi connectivity index (χ4v) is 4.26. The van der Waals surface area contributed by atoms with Crippen molar-refractivity contribution in [2.24, 2.45) is 11.7 Å². The summed E-state index contributed by atoms with van der Waals surface area (Å²) in [7, 11) is 0. The van der Waals surface area contributed by atoms with Crippen LogP contribution >= 0.6 is 11.8 Å². The standard InChI is InChI=1S/C28H40N4O4S/c1-19(2)37-18-32(17-25(33)30-16-23-13-9-8-10-20(23)3)28(36)26(34)24(31-27(35)21(4)15-29)14-22-11-6-5-7-12-22/h5-13,19,21,24,26,34H,14-18,29H2,1-4H3,(H,30,33)(H,31,35)/t21?,24-,26-/m0/s1. The molecule has 37 heavy (non-hydrogen) atoms. The van der Waals surface area contributed by atoms with E-state index in [2.05, 4.69) is 10.6 Å². The number of nitrogens with two attached hydrogens (primary N) is 1. The molecule has 2 aromatic rings. The molecule has 1 unspecified atom stereocenters. The Hall–Kier alpha value is -2.88. The predicted octanol–water partition coefficient (Wildman–Crippen LogP) is 2.22. The maximum Gasteiger partial charge on any atom is 0.254 e. The Morgan fingerprint density at radius 2 is 1.68 bits per heavy atom. The Balaban J connectivity index is 2.17. The SMILES string of the molecule is Cc1ccccc1CNC(=O)CN(CSC(C)C)C(=O)[C@@H](O)[C@H](Cc1ccccc1)NC(=O)C(C)CN. The Morgan fingerprint density at radius 3 is 2.30 bits per heavy atom. The van der Waals surface area contributed by atoms with Gasteiger partial charge in [-0.25, -0.2) is 0 Å². The van der Waals surface area contributed by atoms with Gasteiger partial charge in [-0.15, -0.1) is 11.8 Å². The Labute approximate surface area is 224 Å². The quantitative estimate of drug-likeness (QED) is 0.279. The van der Waals surface area contributed by atoms with Crippen LogP contribution in [0.1, 0.15) is 37.5 Å². The number of carbonyl (C=O) groups excluding carboxylic acids is 3. The normalized spacial score (nSPS) is 13.5. The number of amides is 3. The van der Waals surface area contributed by atoms with Crippen LogP contribution in [0.5, 0.6) is 0 Å². The minimum atomic E-state index is -1.54. The molecule has 0 aliphatic rings. The van der Waals surface area contributed by atoms with Gasteiger partial charge in [-0.2, -0.15) is 0 Å². The highest BCUT2D eigenvalue weighted by Crippen LogP contribution is 2.15. The lowest BCUT2D eigenvalue weighted by molar-refractivity contribution is -0.144. The third-order valence-corrected chi connectivity index (χ3v) is 7.14. The van der Waals surface area contributed by atoms with Crippen LogP contribution in [0.25, 0.3) is 0 Å². The summed E-state index contributed by atoms with van der Waals surface area (Å²) < 4.78 is 0. The van der Waals surface area contributed by atoms with Crippen molar-refractivity contribution < 1.29 is 19.5 Å². The number of rotatable bonds is 14. The first-order valence-corrected chi connectivity index (χ1v) is 13.6. The van der Waals surface area contributed by atoms with Gasteiger partial charge in [0, 0.05) is 24.3 Å². The highest BCUT2D eigenvalue weighted by molar-refractivity contribution is 7.99. The van der Waals surface area contributed by atoms with Crippen molar-refractivity contribution in [3.8, 4) is 0 Å². The molecule has 0 aromatic heterocycles. The first-order chi connectivity index (χ1) is 17.6. The summed E-state index contributed by atoms with van der Waals surface area (Å²) in [4.78, 5) is 40.2. The van der Waals surface area contributed by atoms with Crippen LogP contribution in [-0.4, -0.2) is 64.1 Å². The van der Waals surface area contributed by atoms with Crippen molar-refractivity contribution in [2.75, 3.05) is 19.0 Å². The van der Waals surface area contributed by atoms with Crippen LogP contribution in [0, 0.1) is 12.8 Å². The zero-order valence-electron chi connectivity index (χ0n) is 22.1. The molecule has 0 saturated carbocycles. The van der Waals surface area contributed by atoms with E-state index in [1.54, 1.807) is 6.92 Å². The van der Waals surface area contributed by atoms with Gasteiger partial charge in [0.2, 0.25) is 11.8 Å². The number of aliphatic hydroxyl groups is 1. The van der Waals surface area contributed by atoms with E-state index < -0.39 is 24.0 Å². The number of aliphatic hydroxyl groups excluding tert-OH is 1. The molecule has 0 bridgehead atoms. The van der Waals surface area contributed by atoms with Crippen LogP contribution in [-0.2, 0) is 27.3 Å². The highest BCUT2D eigenvalue weighted by Gasteiger charge is 2.33. The summed E-state index contributed by atoms with van der Waals surface area (Å²) in [5.74, 6) is -1.51. The molecule has 0 heterocycles. The van der Waals surface area contributed by atoms with Crippen LogP contribution in [0.4, 0.5) is 0 Å². The Bertz CT molecular complexity index is 1020. The molecular weight excluding hydrogens is 488 g/mol. The summed E-state index contributed by atoms with van der Waals surface area (Å²) >= 11 is 1.49. The van der Waals surface area contributed by atoms with E-state index in [9.17, 15) is 19.5 Å². The van der Waals surface area contributed by atoms with E-state index in [0.717, 1.165) is 16.7 Å². The molecule has 0 fully saturated rings. The molecule has 0 aliphatic heterocycles. The molecule has 2 rings (SSSR count). The molecule has 5 N–H and O–H groups in total. The van der Waals surface area contributed by atoms with Crippen molar-refractivity contribution in [1.82, 2.24) is 15.5 Å². The molecule has 3 atom stereocenters. The summed E-state index contributed by atoms with van der Waals surface area (Å²) in [5, 5.41) is 17.0. The molecule has 8 nitrogen and oxygen atoms in total. The van der Waals surface area contributed by atoms with Crippen molar-refractivity contribution in [3.05, 3.63) is 71.3 Å². The second kappa shape index (κ2) is 15.4. The first-order valence-electron chi connectivity index (χ1n) is 12.6. The van der Waals surface area contributed by atoms with Gasteiger partial charge in [-0.05, 0) is 30.0 Å². The van der Waals surface area contributed by atoms with Gasteiger partial charge in [-0.1, -0.05) is 75.4 Å². The minimum absolute atomic E-state index is 0.145. The number of thioether (sulfide) groups is 1. The molecule has 202 valence electrons. The monoisotopic (exact) mass is 528 g/mol. The summed E-state index contributed by atoms with van der Waals surface area (Å²) in [6.45, 7) is 7.94. The number of nitrogens with zero attached hydrogens (tertiary/aromatic N) is 1. The number of nitrogens with one attached hydrogen (secondary N) is 2. The van der Waals surface area contributed by atoms with E-state index in [4.69, 9.17) is 5.73 Å². The second-order valence-electron chi connectivity index (χ2n) is 9.47. The number of hydrogen-bond acceptors (Lipinski definition) is 6. The van der Waals surface area contributed by atoms with E-state index in [1.807, 2.05) is 75.4 Å². The summed E-state index contributed by atoms with van der Waals surface area (Å²) in [6, 6.07) is 16.2. The van der Waals surface area contributed by atoms with Gasteiger partial charge in [0.25, 0.3) is 5.91 Å². The van der Waals surface area contributed by atoms with Gasteiger partial charge in [0.05, 0.1) is 11.9 Å². The fourth-order valence-electron chi connectivity index (χ4n) is 3.56. The lowest BCUT2D eigenvalue weighted by atomic mass is 9.99. The van der Waals surface area contributed by atoms with Gasteiger partial charge in [0.15, 0.2) is 6.10 Å². The minimum Gasteiger partial charge on any atom is -0.381 e. The summed E-state index contributed by atoms with van der Waals surface area (Å²) in [5.41, 5.74) is 8.56. The molecule has 0 spiro atoms. The van der Waals surface area contributed by atoms with Crippen LogP contribution < -0.4 is 16.4 Å². The van der Waals surface area contributed by atoms with E-state index in [-0.39, 0.29) is 42.5 Å². The summed E-state index contributed by atoms with van der Waals surface area (Å²) in [6.07, 6.45) is -1.28. The zero-order chi connectivity index (χ0) is 27.4. The zero-order valence-corrected chi connectivity index (χ0v) is 23.0. The highest BCUT2D eigenvalue weighted by atomic mass is 32.2. The van der Waals surface area contributed by atoms with Crippen LogP contribution in [0.15, 0.2) is 54.6 Å². The molecule has 0 aliphatic carbocycles. The molecule has 0 saturated heterocycles. The lowest BCUT2D eigenvalue weighted by Gasteiger charge is -2.30. The fraction of sp³-hybridized carbons (Fsp3) is 0.464. The van der Waals surface area contributed by atoms with Crippen molar-refractivity contribution >= 4 is 29.5 Å². The molecule has 0 radical (unpaired) electrons. The third-order valence-electron chi connectivity index (χ3n) is 6.01. The van der Waals surface area contributed by atoms with Gasteiger partial charge in [-0.3, -0.25) is 14.4 Å². The smallest absolute Gasteiger partial charge is 0.254 e. The number of hydrogen-bond donors (Lipinski definition) is 4. The average Bonchev–Trinajstić information content (AvgIpc) is 2.89. The van der Waals surface area contributed by atoms with Crippen LogP contribution in [0.2, 0.25) is 0 Å². The second-order valence-corrected chi connectivity index (χ2v) is 11.0.